The Kier molecular flexibility index (Phi) is 5.68. The smallest absolute Gasteiger partial charge is 0.260 e. The molecule has 34 heavy (non-hydrogen) atoms. The highest BCUT2D eigenvalue weighted by molar-refractivity contribution is 6.14. The van der Waals surface area contributed by atoms with E-state index in [1.807, 2.05) is 0 Å². The molecular weight excluding hydrogens is 440 g/mol. The van der Waals surface area contributed by atoms with Gasteiger partial charge in [0.25, 0.3) is 5.91 Å². The number of amides is 1. The normalized spacial score (nSPS) is 14.9. The van der Waals surface area contributed by atoms with E-state index in [0.717, 1.165) is 38.2 Å². The van der Waals surface area contributed by atoms with E-state index in [0.29, 0.717) is 22.3 Å². The largest absolute Gasteiger partial charge is 0.371 e. The van der Waals surface area contributed by atoms with Crippen molar-refractivity contribution in [3.05, 3.63) is 47.8 Å². The minimum atomic E-state index is -0.687. The number of rotatable bonds is 5. The summed E-state index contributed by atoms with van der Waals surface area (Å²) >= 11 is 0. The van der Waals surface area contributed by atoms with Gasteiger partial charge in [-0.25, -0.2) is 8.78 Å². The Bertz CT molecular complexity index is 1390. The molecule has 0 spiro atoms. The summed E-state index contributed by atoms with van der Waals surface area (Å²) in [5, 5.41) is 15.7. The van der Waals surface area contributed by atoms with Crippen molar-refractivity contribution < 1.29 is 13.6 Å². The van der Waals surface area contributed by atoms with Crippen LogP contribution in [0.4, 0.5) is 20.2 Å². The summed E-state index contributed by atoms with van der Waals surface area (Å²) in [5.41, 5.74) is 1.45. The number of aromatic nitrogens is 4. The zero-order chi connectivity index (χ0) is 24.0. The first kappa shape index (κ1) is 22.3. The molecule has 10 heteroatoms. The lowest BCUT2D eigenvalue weighted by Crippen LogP contribution is -2.42. The zero-order valence-corrected chi connectivity index (χ0v) is 19.4. The van der Waals surface area contributed by atoms with E-state index in [2.05, 4.69) is 32.7 Å². The Morgan fingerprint density at radius 3 is 2.47 bits per heavy atom. The topological polar surface area (TPSA) is 80.0 Å². The molecule has 8 nitrogen and oxygen atoms in total. The number of piperidine rings is 1. The van der Waals surface area contributed by atoms with Gasteiger partial charge in [0, 0.05) is 56.7 Å². The van der Waals surface area contributed by atoms with Gasteiger partial charge < -0.3 is 15.5 Å². The average Bonchev–Trinajstić information content (AvgIpc) is 3.35. The number of anilines is 2. The van der Waals surface area contributed by atoms with Crippen LogP contribution in [0.5, 0.6) is 0 Å². The van der Waals surface area contributed by atoms with Crippen LogP contribution >= 0.6 is 0 Å². The van der Waals surface area contributed by atoms with Crippen molar-refractivity contribution in [3.8, 4) is 0 Å². The minimum Gasteiger partial charge on any atom is -0.371 e. The Morgan fingerprint density at radius 2 is 1.74 bits per heavy atom. The molecule has 178 valence electrons. The SMILES string of the molecule is CCNC1CCN(c2cc(F)c(C(=O)Nc3cc(F)c4cn(C)nc4c3)c3nn(C)cc23)CC1. The van der Waals surface area contributed by atoms with Crippen LogP contribution in [-0.4, -0.2) is 51.1 Å². The van der Waals surface area contributed by atoms with Gasteiger partial charge >= 0.3 is 0 Å². The maximum absolute atomic E-state index is 15.4. The fourth-order valence-electron chi connectivity index (χ4n) is 4.80. The number of nitrogens with one attached hydrogen (secondary N) is 2. The van der Waals surface area contributed by atoms with Crippen LogP contribution in [0.25, 0.3) is 21.8 Å². The van der Waals surface area contributed by atoms with Gasteiger partial charge in [-0.05, 0) is 37.6 Å². The molecule has 2 aromatic heterocycles. The third-order valence-electron chi connectivity index (χ3n) is 6.35. The van der Waals surface area contributed by atoms with Gasteiger partial charge in [-0.3, -0.25) is 14.2 Å². The van der Waals surface area contributed by atoms with Crippen molar-refractivity contribution >= 4 is 39.1 Å². The third-order valence-corrected chi connectivity index (χ3v) is 6.35. The van der Waals surface area contributed by atoms with Gasteiger partial charge in [0.1, 0.15) is 22.7 Å². The third kappa shape index (κ3) is 3.98. The zero-order valence-electron chi connectivity index (χ0n) is 19.4. The van der Waals surface area contributed by atoms with Crippen molar-refractivity contribution in [1.29, 1.82) is 0 Å². The highest BCUT2D eigenvalue weighted by Crippen LogP contribution is 2.33. The number of aryl methyl sites for hydroxylation is 2. The quantitative estimate of drug-likeness (QED) is 0.469. The molecule has 0 saturated carbocycles. The van der Waals surface area contributed by atoms with Crippen LogP contribution < -0.4 is 15.5 Å². The lowest BCUT2D eigenvalue weighted by molar-refractivity contribution is 0.102. The Balaban J connectivity index is 1.48. The number of carbonyl (C=O) groups is 1. The molecule has 1 saturated heterocycles. The van der Waals surface area contributed by atoms with Crippen LogP contribution in [0.2, 0.25) is 0 Å². The molecule has 2 N–H and O–H groups in total. The van der Waals surface area contributed by atoms with Crippen LogP contribution in [-0.2, 0) is 14.1 Å². The molecule has 0 radical (unpaired) electrons. The number of benzene rings is 2. The molecule has 0 atom stereocenters. The fourth-order valence-corrected chi connectivity index (χ4v) is 4.80. The molecule has 5 rings (SSSR count). The molecule has 1 fully saturated rings. The van der Waals surface area contributed by atoms with E-state index in [-0.39, 0.29) is 16.8 Å². The molecule has 0 bridgehead atoms. The highest BCUT2D eigenvalue weighted by Gasteiger charge is 2.26. The standard InChI is InChI=1S/C24H27F2N7O/c1-4-27-14-5-7-33(8-6-14)21-11-19(26)22(23-17(21)13-32(3)30-23)24(34)28-15-9-18(25)16-12-31(2)29-20(16)10-15/h9-14,27H,4-8H2,1-3H3,(H,28,34). The Hall–Kier alpha value is -3.53. The lowest BCUT2D eigenvalue weighted by Gasteiger charge is -2.34. The average molecular weight is 468 g/mol. The maximum Gasteiger partial charge on any atom is 0.260 e. The van der Waals surface area contributed by atoms with Gasteiger partial charge in [0.15, 0.2) is 0 Å². The van der Waals surface area contributed by atoms with Crippen molar-refractivity contribution in [2.75, 3.05) is 29.9 Å². The molecule has 0 aliphatic carbocycles. The lowest BCUT2D eigenvalue weighted by atomic mass is 10.0. The summed E-state index contributed by atoms with van der Waals surface area (Å²) in [6.45, 7) is 4.59. The monoisotopic (exact) mass is 467 g/mol. The van der Waals surface area contributed by atoms with Crippen molar-refractivity contribution in [2.45, 2.75) is 25.8 Å². The van der Waals surface area contributed by atoms with Crippen LogP contribution in [0.15, 0.2) is 30.6 Å². The van der Waals surface area contributed by atoms with E-state index in [9.17, 15) is 9.18 Å². The second-order valence-corrected chi connectivity index (χ2v) is 8.78. The number of nitrogens with zero attached hydrogens (tertiary/aromatic N) is 5. The number of fused-ring (bicyclic) bond motifs is 2. The van der Waals surface area contributed by atoms with E-state index < -0.39 is 17.5 Å². The van der Waals surface area contributed by atoms with Crippen molar-refractivity contribution in [2.24, 2.45) is 14.1 Å². The summed E-state index contributed by atoms with van der Waals surface area (Å²) in [6, 6.07) is 4.64. The number of carbonyl (C=O) groups excluding carboxylic acids is 1. The fraction of sp³-hybridized carbons (Fsp3) is 0.375. The number of hydrogen-bond acceptors (Lipinski definition) is 5. The Morgan fingerprint density at radius 1 is 1.03 bits per heavy atom. The number of hydrogen-bond donors (Lipinski definition) is 2. The first-order valence-corrected chi connectivity index (χ1v) is 11.4. The van der Waals surface area contributed by atoms with Gasteiger partial charge in [-0.2, -0.15) is 10.2 Å². The van der Waals surface area contributed by atoms with Gasteiger partial charge in [-0.1, -0.05) is 6.92 Å². The van der Waals surface area contributed by atoms with E-state index in [4.69, 9.17) is 0 Å². The summed E-state index contributed by atoms with van der Waals surface area (Å²) in [4.78, 5) is 15.3. The molecule has 1 aliphatic heterocycles. The first-order chi connectivity index (χ1) is 16.3. The minimum absolute atomic E-state index is 0.164. The van der Waals surface area contributed by atoms with Crippen LogP contribution in [0.1, 0.15) is 30.1 Å². The van der Waals surface area contributed by atoms with Crippen molar-refractivity contribution in [3.63, 3.8) is 0 Å². The molecule has 3 heterocycles. The molecule has 0 unspecified atom stereocenters. The summed E-state index contributed by atoms with van der Waals surface area (Å²) in [7, 11) is 3.43. The molecule has 1 amide bonds. The van der Waals surface area contributed by atoms with Gasteiger partial charge in [0.2, 0.25) is 0 Å². The predicted octanol–water partition coefficient (Wildman–Crippen LogP) is 3.57. The molecule has 4 aromatic rings. The maximum atomic E-state index is 15.4. The molecular formula is C24H27F2N7O. The van der Waals surface area contributed by atoms with E-state index in [1.165, 1.54) is 16.8 Å². The van der Waals surface area contributed by atoms with E-state index >= 15 is 4.39 Å². The second kappa shape index (κ2) is 8.68. The van der Waals surface area contributed by atoms with Crippen LogP contribution in [0.3, 0.4) is 0 Å². The first-order valence-electron chi connectivity index (χ1n) is 11.4. The van der Waals surface area contributed by atoms with E-state index in [1.54, 1.807) is 37.2 Å². The van der Waals surface area contributed by atoms with Crippen molar-refractivity contribution in [1.82, 2.24) is 24.9 Å². The van der Waals surface area contributed by atoms with Gasteiger partial charge in [-0.15, -0.1) is 0 Å². The Labute approximate surface area is 195 Å². The summed E-state index contributed by atoms with van der Waals surface area (Å²) in [5.74, 6) is -1.86. The number of halogens is 2. The molecule has 1 aliphatic rings. The van der Waals surface area contributed by atoms with Crippen LogP contribution in [0, 0.1) is 11.6 Å². The molecule has 2 aromatic carbocycles. The summed E-state index contributed by atoms with van der Waals surface area (Å²) < 4.78 is 32.9. The highest BCUT2D eigenvalue weighted by atomic mass is 19.1. The predicted molar refractivity (Wildman–Crippen MR) is 128 cm³/mol. The summed E-state index contributed by atoms with van der Waals surface area (Å²) in [6.07, 6.45) is 5.28. The van der Waals surface area contributed by atoms with Gasteiger partial charge in [0.05, 0.1) is 16.6 Å². The second-order valence-electron chi connectivity index (χ2n) is 8.78.